The number of hydrogen-bond donors (Lipinski definition) is 0. The van der Waals surface area contributed by atoms with Crippen molar-refractivity contribution in [3.63, 3.8) is 0 Å². The molecule has 0 unspecified atom stereocenters. The monoisotopic (exact) mass is 329 g/mol. The summed E-state index contributed by atoms with van der Waals surface area (Å²) in [6.45, 7) is 4.42. The van der Waals surface area contributed by atoms with Crippen molar-refractivity contribution < 1.29 is 27.4 Å². The van der Waals surface area contributed by atoms with Crippen molar-refractivity contribution in [2.45, 2.75) is 18.7 Å². The number of fused-ring (bicyclic) bond motifs is 1. The number of esters is 1. The van der Waals surface area contributed by atoms with Crippen molar-refractivity contribution in [3.05, 3.63) is 17.7 Å². The molecule has 22 heavy (non-hydrogen) atoms. The molecule has 1 aromatic rings. The molecule has 0 N–H and O–H groups in total. The first kappa shape index (κ1) is 16.6. The van der Waals surface area contributed by atoms with E-state index in [-0.39, 0.29) is 41.7 Å². The highest BCUT2D eigenvalue weighted by atomic mass is 32.2. The molecule has 1 heterocycles. The third kappa shape index (κ3) is 3.02. The second kappa shape index (κ2) is 6.53. The van der Waals surface area contributed by atoms with Crippen LogP contribution in [0.2, 0.25) is 0 Å². The predicted molar refractivity (Wildman–Crippen MR) is 78.9 cm³/mol. The molecule has 1 aromatic carbocycles. The van der Waals surface area contributed by atoms with Crippen molar-refractivity contribution >= 4 is 16.0 Å². The van der Waals surface area contributed by atoms with Gasteiger partial charge >= 0.3 is 5.97 Å². The van der Waals surface area contributed by atoms with E-state index in [0.717, 1.165) is 0 Å². The quantitative estimate of drug-likeness (QED) is 0.774. The lowest BCUT2D eigenvalue weighted by atomic mass is 10.2. The molecule has 0 spiro atoms. The Kier molecular flexibility index (Phi) is 4.92. The number of sulfonamides is 1. The predicted octanol–water partition coefficient (Wildman–Crippen LogP) is 1.27. The van der Waals surface area contributed by atoms with Gasteiger partial charge in [0.2, 0.25) is 10.0 Å². The third-order valence-corrected chi connectivity index (χ3v) is 5.07. The lowest BCUT2D eigenvalue weighted by Gasteiger charge is -2.15. The number of nitrogens with zero attached hydrogens (tertiary/aromatic N) is 1. The molecular formula is C14H19NO6S. The van der Waals surface area contributed by atoms with Gasteiger partial charge < -0.3 is 14.2 Å². The molecule has 0 bridgehead atoms. The van der Waals surface area contributed by atoms with E-state index in [1.165, 1.54) is 23.5 Å². The van der Waals surface area contributed by atoms with Gasteiger partial charge in [0.15, 0.2) is 0 Å². The molecule has 1 aliphatic rings. The fourth-order valence-electron chi connectivity index (χ4n) is 2.07. The highest BCUT2D eigenvalue weighted by Crippen LogP contribution is 2.35. The third-order valence-electron chi connectivity index (χ3n) is 3.19. The number of carbonyl (C=O) groups excluding carboxylic acids is 1. The number of carbonyl (C=O) groups is 1. The van der Waals surface area contributed by atoms with E-state index in [0.29, 0.717) is 6.61 Å². The Morgan fingerprint density at radius 3 is 2.68 bits per heavy atom. The second-order valence-corrected chi connectivity index (χ2v) is 6.64. The van der Waals surface area contributed by atoms with Crippen LogP contribution in [0, 0.1) is 0 Å². The minimum absolute atomic E-state index is 0.0565. The Balaban J connectivity index is 2.62. The van der Waals surface area contributed by atoms with Crippen LogP contribution in [0.1, 0.15) is 24.2 Å². The van der Waals surface area contributed by atoms with Crippen LogP contribution < -0.4 is 9.47 Å². The molecule has 1 aliphatic heterocycles. The van der Waals surface area contributed by atoms with Crippen molar-refractivity contribution in [1.82, 2.24) is 4.31 Å². The summed E-state index contributed by atoms with van der Waals surface area (Å²) >= 11 is 0. The van der Waals surface area contributed by atoms with Crippen LogP contribution in [0.25, 0.3) is 0 Å². The Hall–Kier alpha value is -1.80. The number of ether oxygens (including phenoxy) is 3. The normalized spacial score (nSPS) is 17.0. The van der Waals surface area contributed by atoms with Crippen molar-refractivity contribution in [2.75, 3.05) is 33.4 Å². The van der Waals surface area contributed by atoms with Crippen LogP contribution in [0.3, 0.4) is 0 Å². The van der Waals surface area contributed by atoms with Gasteiger partial charge in [0.05, 0.1) is 13.2 Å². The van der Waals surface area contributed by atoms with E-state index in [2.05, 4.69) is 0 Å². The van der Waals surface area contributed by atoms with Gasteiger partial charge in [-0.15, -0.1) is 0 Å². The van der Waals surface area contributed by atoms with E-state index in [4.69, 9.17) is 14.2 Å². The molecule has 0 saturated heterocycles. The average Bonchev–Trinajstić information content (AvgIpc) is 2.57. The fraction of sp³-hybridized carbons (Fsp3) is 0.500. The molecule has 122 valence electrons. The largest absolute Gasteiger partial charge is 0.493 e. The van der Waals surface area contributed by atoms with Crippen LogP contribution in [-0.2, 0) is 14.8 Å². The van der Waals surface area contributed by atoms with E-state index >= 15 is 0 Å². The first-order valence-electron chi connectivity index (χ1n) is 6.98. The Labute approximate surface area is 129 Å². The van der Waals surface area contributed by atoms with E-state index in [1.54, 1.807) is 13.8 Å². The van der Waals surface area contributed by atoms with E-state index in [1.807, 2.05) is 0 Å². The minimum Gasteiger partial charge on any atom is -0.493 e. The number of likely N-dealkylation sites (N-methyl/N-ethyl adjacent to an activating group) is 1. The van der Waals surface area contributed by atoms with Crippen molar-refractivity contribution in [1.29, 1.82) is 0 Å². The SMILES string of the molecule is CCOC(=O)c1cc2c(cc1OCC)OCCN(C)S2(=O)=O. The molecule has 0 aliphatic carbocycles. The zero-order valence-electron chi connectivity index (χ0n) is 12.8. The number of hydrogen-bond acceptors (Lipinski definition) is 6. The van der Waals surface area contributed by atoms with Gasteiger partial charge in [0, 0.05) is 19.7 Å². The molecule has 0 amide bonds. The smallest absolute Gasteiger partial charge is 0.341 e. The standard InChI is InChI=1S/C14H19NO6S/c1-4-19-11-9-12-13(8-10(11)14(16)20-5-2)22(17,18)15(3)6-7-21-12/h8-9H,4-7H2,1-3H3. The first-order chi connectivity index (χ1) is 10.4. The summed E-state index contributed by atoms with van der Waals surface area (Å²) in [6, 6.07) is 2.69. The summed E-state index contributed by atoms with van der Waals surface area (Å²) in [6.07, 6.45) is 0. The van der Waals surface area contributed by atoms with Gasteiger partial charge in [0.25, 0.3) is 0 Å². The Bertz CT molecular complexity index is 670. The molecule has 0 atom stereocenters. The van der Waals surface area contributed by atoms with Gasteiger partial charge in [-0.2, -0.15) is 4.31 Å². The number of rotatable bonds is 4. The summed E-state index contributed by atoms with van der Waals surface area (Å²) in [5, 5.41) is 0. The summed E-state index contributed by atoms with van der Waals surface area (Å²) in [7, 11) is -2.25. The Morgan fingerprint density at radius 2 is 2.05 bits per heavy atom. The van der Waals surface area contributed by atoms with Gasteiger partial charge in [-0.25, -0.2) is 13.2 Å². The van der Waals surface area contributed by atoms with Crippen molar-refractivity contribution in [2.24, 2.45) is 0 Å². The van der Waals surface area contributed by atoms with Gasteiger partial charge in [-0.05, 0) is 19.9 Å². The van der Waals surface area contributed by atoms with Gasteiger partial charge in [-0.1, -0.05) is 0 Å². The highest BCUT2D eigenvalue weighted by Gasteiger charge is 2.31. The lowest BCUT2D eigenvalue weighted by Crippen LogP contribution is -2.28. The van der Waals surface area contributed by atoms with Gasteiger partial charge in [0.1, 0.15) is 28.6 Å². The van der Waals surface area contributed by atoms with Gasteiger partial charge in [-0.3, -0.25) is 0 Å². The maximum absolute atomic E-state index is 12.5. The van der Waals surface area contributed by atoms with E-state index in [9.17, 15) is 13.2 Å². The maximum atomic E-state index is 12.5. The lowest BCUT2D eigenvalue weighted by molar-refractivity contribution is 0.0521. The summed E-state index contributed by atoms with van der Waals surface area (Å²) < 4.78 is 42.0. The molecule has 7 nitrogen and oxygen atoms in total. The average molecular weight is 329 g/mol. The molecule has 0 radical (unpaired) electrons. The number of benzene rings is 1. The van der Waals surface area contributed by atoms with Crippen molar-refractivity contribution in [3.8, 4) is 11.5 Å². The molecule has 0 saturated carbocycles. The molecule has 8 heteroatoms. The summed E-state index contributed by atoms with van der Waals surface area (Å²) in [4.78, 5) is 12.0. The minimum atomic E-state index is -3.71. The fourth-order valence-corrected chi connectivity index (χ4v) is 3.36. The van der Waals surface area contributed by atoms with E-state index < -0.39 is 16.0 Å². The Morgan fingerprint density at radius 1 is 1.32 bits per heavy atom. The summed E-state index contributed by atoms with van der Waals surface area (Å²) in [5.74, 6) is -0.198. The maximum Gasteiger partial charge on any atom is 0.341 e. The molecule has 0 aromatic heterocycles. The zero-order chi connectivity index (χ0) is 16.3. The molecule has 0 fully saturated rings. The van der Waals surface area contributed by atoms with Crippen LogP contribution in [0.4, 0.5) is 0 Å². The van der Waals surface area contributed by atoms with Crippen LogP contribution in [0.5, 0.6) is 11.5 Å². The summed E-state index contributed by atoms with van der Waals surface area (Å²) in [5.41, 5.74) is 0.0740. The topological polar surface area (TPSA) is 82.1 Å². The van der Waals surface area contributed by atoms with Crippen LogP contribution in [0.15, 0.2) is 17.0 Å². The first-order valence-corrected chi connectivity index (χ1v) is 8.42. The van der Waals surface area contributed by atoms with Crippen LogP contribution >= 0.6 is 0 Å². The zero-order valence-corrected chi connectivity index (χ0v) is 13.6. The molecular weight excluding hydrogens is 310 g/mol. The highest BCUT2D eigenvalue weighted by molar-refractivity contribution is 7.89. The molecule has 2 rings (SSSR count). The second-order valence-electron chi connectivity index (χ2n) is 4.62. The van der Waals surface area contributed by atoms with Crippen LogP contribution in [-0.4, -0.2) is 52.1 Å².